The molecule has 2 rings (SSSR count). The van der Waals surface area contributed by atoms with Crippen molar-refractivity contribution in [2.24, 2.45) is 0 Å². The Hall–Kier alpha value is -2.93. The van der Waals surface area contributed by atoms with Crippen LogP contribution in [0.3, 0.4) is 0 Å². The van der Waals surface area contributed by atoms with Crippen molar-refractivity contribution >= 4 is 23.3 Å². The van der Waals surface area contributed by atoms with Crippen LogP contribution in [0.25, 0.3) is 0 Å². The third kappa shape index (κ3) is 5.36. The Balaban J connectivity index is 1.83. The minimum Gasteiger partial charge on any atom is -0.375 e. The van der Waals surface area contributed by atoms with Crippen LogP contribution in [0.5, 0.6) is 0 Å². The summed E-state index contributed by atoms with van der Waals surface area (Å²) in [4.78, 5) is 27.5. The molecule has 3 amide bonds. The number of aromatic nitrogens is 1. The van der Waals surface area contributed by atoms with Crippen LogP contribution < -0.4 is 16.0 Å². The maximum absolute atomic E-state index is 11.9. The first kappa shape index (κ1) is 17.4. The smallest absolute Gasteiger partial charge is 0.319 e. The van der Waals surface area contributed by atoms with Crippen LogP contribution in [-0.2, 0) is 16.1 Å². The fraction of sp³-hybridized carbons (Fsp3) is 0.235. The monoisotopic (exact) mass is 328 g/mol. The number of urea groups is 1. The lowest BCUT2D eigenvalue weighted by atomic mass is 10.2. The summed E-state index contributed by atoms with van der Waals surface area (Å²) in [6, 6.07) is 10.3. The molecule has 7 heteroatoms. The van der Waals surface area contributed by atoms with E-state index in [1.165, 1.54) is 7.11 Å². The molecule has 0 fully saturated rings. The first-order chi connectivity index (χ1) is 11.6. The van der Waals surface area contributed by atoms with Crippen molar-refractivity contribution in [2.75, 3.05) is 24.4 Å². The van der Waals surface area contributed by atoms with Crippen molar-refractivity contribution < 1.29 is 14.3 Å². The number of carbonyl (C=O) groups is 2. The number of hydrogen-bond acceptors (Lipinski definition) is 4. The number of carbonyl (C=O) groups excluding carboxylic acids is 2. The van der Waals surface area contributed by atoms with E-state index in [-0.39, 0.29) is 18.5 Å². The van der Waals surface area contributed by atoms with Gasteiger partial charge in [-0.05, 0) is 42.8 Å². The number of methoxy groups -OCH3 is 1. The lowest BCUT2D eigenvalue weighted by Gasteiger charge is -2.10. The molecule has 126 valence electrons. The van der Waals surface area contributed by atoms with Crippen LogP contribution in [0.4, 0.5) is 16.2 Å². The number of nitrogens with one attached hydrogen (secondary N) is 3. The summed E-state index contributed by atoms with van der Waals surface area (Å²) in [7, 11) is 1.46. The Labute approximate surface area is 140 Å². The van der Waals surface area contributed by atoms with Crippen LogP contribution >= 0.6 is 0 Å². The number of ether oxygens (including phenoxy) is 1. The van der Waals surface area contributed by atoms with Gasteiger partial charge in [0.25, 0.3) is 0 Å². The fourth-order valence-electron chi connectivity index (χ4n) is 2.01. The SMILES string of the molecule is COCC(=O)Nc1ccc(NC(=O)NCc2ncccc2C)cc1. The third-order valence-electron chi connectivity index (χ3n) is 3.24. The summed E-state index contributed by atoms with van der Waals surface area (Å²) in [5.74, 6) is -0.235. The molecule has 0 saturated carbocycles. The predicted molar refractivity (Wildman–Crippen MR) is 91.8 cm³/mol. The van der Waals surface area contributed by atoms with Gasteiger partial charge in [-0.1, -0.05) is 6.07 Å². The fourth-order valence-corrected chi connectivity index (χ4v) is 2.01. The Kier molecular flexibility index (Phi) is 6.27. The van der Waals surface area contributed by atoms with Gasteiger partial charge in [-0.25, -0.2) is 4.79 Å². The van der Waals surface area contributed by atoms with Crippen molar-refractivity contribution in [1.29, 1.82) is 0 Å². The Morgan fingerprint density at radius 1 is 1.08 bits per heavy atom. The molecule has 0 unspecified atom stereocenters. The summed E-state index contributed by atoms with van der Waals surface area (Å²) in [5.41, 5.74) is 3.10. The molecular weight excluding hydrogens is 308 g/mol. The van der Waals surface area contributed by atoms with Crippen molar-refractivity contribution in [3.05, 3.63) is 53.9 Å². The number of benzene rings is 1. The second-order valence-corrected chi connectivity index (χ2v) is 5.13. The van der Waals surface area contributed by atoms with E-state index >= 15 is 0 Å². The van der Waals surface area contributed by atoms with Gasteiger partial charge in [0.2, 0.25) is 5.91 Å². The summed E-state index contributed by atoms with van der Waals surface area (Å²) in [6.45, 7) is 2.29. The lowest BCUT2D eigenvalue weighted by Crippen LogP contribution is -2.28. The zero-order valence-corrected chi connectivity index (χ0v) is 13.6. The van der Waals surface area contributed by atoms with Crippen molar-refractivity contribution in [1.82, 2.24) is 10.3 Å². The zero-order valence-electron chi connectivity index (χ0n) is 13.6. The second kappa shape index (κ2) is 8.64. The number of anilines is 2. The van der Waals surface area contributed by atoms with Gasteiger partial charge in [0, 0.05) is 24.7 Å². The molecule has 1 heterocycles. The predicted octanol–water partition coefficient (Wildman–Crippen LogP) is 2.30. The lowest BCUT2D eigenvalue weighted by molar-refractivity contribution is -0.119. The van der Waals surface area contributed by atoms with Gasteiger partial charge in [0.1, 0.15) is 6.61 Å². The number of pyridine rings is 1. The number of aryl methyl sites for hydroxylation is 1. The van der Waals surface area contributed by atoms with E-state index in [0.717, 1.165) is 11.3 Å². The molecule has 0 spiro atoms. The summed E-state index contributed by atoms with van der Waals surface area (Å²) in [5, 5.41) is 8.15. The third-order valence-corrected chi connectivity index (χ3v) is 3.24. The molecule has 0 aliphatic rings. The summed E-state index contributed by atoms with van der Waals surface area (Å²) < 4.78 is 4.74. The Bertz CT molecular complexity index is 701. The highest BCUT2D eigenvalue weighted by Gasteiger charge is 2.05. The van der Waals surface area contributed by atoms with Crippen molar-refractivity contribution in [3.63, 3.8) is 0 Å². The van der Waals surface area contributed by atoms with E-state index < -0.39 is 0 Å². The minimum atomic E-state index is -0.323. The molecule has 3 N–H and O–H groups in total. The highest BCUT2D eigenvalue weighted by Crippen LogP contribution is 2.13. The summed E-state index contributed by atoms with van der Waals surface area (Å²) >= 11 is 0. The van der Waals surface area contributed by atoms with Crippen molar-refractivity contribution in [2.45, 2.75) is 13.5 Å². The van der Waals surface area contributed by atoms with E-state index in [1.807, 2.05) is 19.1 Å². The number of rotatable bonds is 6. The molecule has 2 aromatic rings. The maximum atomic E-state index is 11.9. The van der Waals surface area contributed by atoms with Gasteiger partial charge in [-0.2, -0.15) is 0 Å². The largest absolute Gasteiger partial charge is 0.375 e. The normalized spacial score (nSPS) is 10.1. The molecule has 0 radical (unpaired) electrons. The Morgan fingerprint density at radius 2 is 1.75 bits per heavy atom. The van der Waals surface area contributed by atoms with E-state index in [1.54, 1.807) is 30.5 Å². The van der Waals surface area contributed by atoms with E-state index in [2.05, 4.69) is 20.9 Å². The van der Waals surface area contributed by atoms with E-state index in [4.69, 9.17) is 4.74 Å². The Morgan fingerprint density at radius 3 is 2.38 bits per heavy atom. The molecule has 0 aliphatic heterocycles. The van der Waals surface area contributed by atoms with Gasteiger partial charge in [-0.3, -0.25) is 9.78 Å². The standard InChI is InChI=1S/C17H20N4O3/c1-12-4-3-9-18-15(12)10-19-17(23)21-14-7-5-13(6-8-14)20-16(22)11-24-2/h3-9H,10-11H2,1-2H3,(H,20,22)(H2,19,21,23). The van der Waals surface area contributed by atoms with Crippen LogP contribution in [0, 0.1) is 6.92 Å². The molecule has 0 aliphatic carbocycles. The van der Waals surface area contributed by atoms with Crippen molar-refractivity contribution in [3.8, 4) is 0 Å². The maximum Gasteiger partial charge on any atom is 0.319 e. The van der Waals surface area contributed by atoms with E-state index in [9.17, 15) is 9.59 Å². The molecular formula is C17H20N4O3. The highest BCUT2D eigenvalue weighted by molar-refractivity contribution is 5.93. The number of amides is 3. The van der Waals surface area contributed by atoms with E-state index in [0.29, 0.717) is 17.9 Å². The quantitative estimate of drug-likeness (QED) is 0.758. The van der Waals surface area contributed by atoms with Gasteiger partial charge in [0.15, 0.2) is 0 Å². The molecule has 1 aromatic heterocycles. The summed E-state index contributed by atoms with van der Waals surface area (Å²) in [6.07, 6.45) is 1.69. The first-order valence-electron chi connectivity index (χ1n) is 7.42. The highest BCUT2D eigenvalue weighted by atomic mass is 16.5. The van der Waals surface area contributed by atoms with Crippen LogP contribution in [0.15, 0.2) is 42.6 Å². The molecule has 24 heavy (non-hydrogen) atoms. The molecule has 7 nitrogen and oxygen atoms in total. The van der Waals surface area contributed by atoms with Gasteiger partial charge < -0.3 is 20.7 Å². The first-order valence-corrected chi connectivity index (χ1v) is 7.42. The van der Waals surface area contributed by atoms with Gasteiger partial charge in [-0.15, -0.1) is 0 Å². The molecule has 0 atom stereocenters. The average molecular weight is 328 g/mol. The number of hydrogen-bond donors (Lipinski definition) is 3. The molecule has 0 bridgehead atoms. The zero-order chi connectivity index (χ0) is 17.4. The second-order valence-electron chi connectivity index (χ2n) is 5.13. The molecule has 0 saturated heterocycles. The van der Waals surface area contributed by atoms with Gasteiger partial charge >= 0.3 is 6.03 Å². The van der Waals surface area contributed by atoms with Crippen LogP contribution in [0.1, 0.15) is 11.3 Å². The van der Waals surface area contributed by atoms with Gasteiger partial charge in [0.05, 0.1) is 12.2 Å². The van der Waals surface area contributed by atoms with Crippen LogP contribution in [0.2, 0.25) is 0 Å². The minimum absolute atomic E-state index is 0.00462. The average Bonchev–Trinajstić information content (AvgIpc) is 2.56. The topological polar surface area (TPSA) is 92.4 Å². The number of nitrogens with zero attached hydrogens (tertiary/aromatic N) is 1. The van der Waals surface area contributed by atoms with Crippen LogP contribution in [-0.4, -0.2) is 30.6 Å². The molecule has 1 aromatic carbocycles.